The summed E-state index contributed by atoms with van der Waals surface area (Å²) in [5.41, 5.74) is 0.238. The van der Waals surface area contributed by atoms with E-state index in [1.54, 1.807) is 12.1 Å². The summed E-state index contributed by atoms with van der Waals surface area (Å²) in [6, 6.07) is 8.96. The Kier molecular flexibility index (Phi) is 4.65. The molecule has 0 saturated carbocycles. The lowest BCUT2D eigenvalue weighted by Gasteiger charge is -2.23. The second-order valence-corrected chi connectivity index (χ2v) is 4.86. The van der Waals surface area contributed by atoms with Gasteiger partial charge in [0.15, 0.2) is 0 Å². The van der Waals surface area contributed by atoms with Crippen LogP contribution in [0.25, 0.3) is 0 Å². The van der Waals surface area contributed by atoms with Gasteiger partial charge in [0, 0.05) is 18.2 Å². The topological polar surface area (TPSA) is 35.8 Å². The van der Waals surface area contributed by atoms with Crippen LogP contribution in [0, 0.1) is 22.6 Å². The largest absolute Gasteiger partial charge is 0.308 e. The van der Waals surface area contributed by atoms with Gasteiger partial charge >= 0.3 is 0 Å². The fourth-order valence-corrected chi connectivity index (χ4v) is 1.65. The lowest BCUT2D eigenvalue weighted by molar-refractivity contribution is 0.391. The molecule has 0 fully saturated rings. The summed E-state index contributed by atoms with van der Waals surface area (Å²) in [5, 5.41) is 12.2. The zero-order valence-corrected chi connectivity index (χ0v) is 10.6. The first-order valence-electron chi connectivity index (χ1n) is 5.89. The van der Waals surface area contributed by atoms with E-state index in [2.05, 4.69) is 11.4 Å². The van der Waals surface area contributed by atoms with Crippen molar-refractivity contribution in [2.75, 3.05) is 6.54 Å². The van der Waals surface area contributed by atoms with E-state index in [1.807, 2.05) is 26.8 Å². The lowest BCUT2D eigenvalue weighted by atomic mass is 9.94. The van der Waals surface area contributed by atoms with Crippen molar-refractivity contribution in [2.45, 2.75) is 33.2 Å². The van der Waals surface area contributed by atoms with Gasteiger partial charge in [-0.05, 0) is 26.3 Å². The summed E-state index contributed by atoms with van der Waals surface area (Å²) in [6.07, 6.45) is 0.794. The average molecular weight is 234 g/mol. The molecular weight excluding hydrogens is 215 g/mol. The quantitative estimate of drug-likeness (QED) is 0.847. The third-order valence-corrected chi connectivity index (χ3v) is 2.78. The van der Waals surface area contributed by atoms with Crippen LogP contribution in [-0.2, 0) is 0 Å². The minimum Gasteiger partial charge on any atom is -0.308 e. The third kappa shape index (κ3) is 3.83. The van der Waals surface area contributed by atoms with Gasteiger partial charge in [-0.25, -0.2) is 4.39 Å². The normalized spacial score (nSPS) is 13.1. The van der Waals surface area contributed by atoms with Gasteiger partial charge in [-0.2, -0.15) is 5.26 Å². The van der Waals surface area contributed by atoms with Crippen LogP contribution in [0.5, 0.6) is 0 Å². The van der Waals surface area contributed by atoms with Crippen molar-refractivity contribution in [2.24, 2.45) is 5.41 Å². The van der Waals surface area contributed by atoms with Gasteiger partial charge in [0.25, 0.3) is 0 Å². The summed E-state index contributed by atoms with van der Waals surface area (Å²) >= 11 is 0. The summed E-state index contributed by atoms with van der Waals surface area (Å²) in [7, 11) is 0. The predicted octanol–water partition coefficient (Wildman–Crippen LogP) is 3.42. The van der Waals surface area contributed by atoms with E-state index in [0.717, 1.165) is 6.42 Å². The van der Waals surface area contributed by atoms with Crippen molar-refractivity contribution in [3.63, 3.8) is 0 Å². The highest BCUT2D eigenvalue weighted by atomic mass is 19.1. The smallest absolute Gasteiger partial charge is 0.127 e. The third-order valence-electron chi connectivity index (χ3n) is 2.78. The molecule has 0 heterocycles. The average Bonchev–Trinajstić information content (AvgIpc) is 2.32. The van der Waals surface area contributed by atoms with E-state index in [0.29, 0.717) is 12.1 Å². The maximum absolute atomic E-state index is 13.6. The van der Waals surface area contributed by atoms with Crippen LogP contribution in [0.1, 0.15) is 38.8 Å². The van der Waals surface area contributed by atoms with Crippen LogP contribution in [0.4, 0.5) is 4.39 Å². The molecule has 92 valence electrons. The van der Waals surface area contributed by atoms with Crippen LogP contribution in [0.3, 0.4) is 0 Å². The second kappa shape index (κ2) is 5.79. The molecule has 0 aliphatic carbocycles. The number of hydrogen-bond acceptors (Lipinski definition) is 2. The Balaban J connectivity index is 2.74. The summed E-state index contributed by atoms with van der Waals surface area (Å²) in [5.74, 6) is -0.193. The zero-order chi connectivity index (χ0) is 12.9. The summed E-state index contributed by atoms with van der Waals surface area (Å²) < 4.78 is 13.6. The van der Waals surface area contributed by atoms with Gasteiger partial charge in [0.05, 0.1) is 11.5 Å². The first-order valence-corrected chi connectivity index (χ1v) is 5.89. The fraction of sp³-hybridized carbons (Fsp3) is 0.500. The molecule has 0 aliphatic heterocycles. The Morgan fingerprint density at radius 3 is 2.59 bits per heavy atom. The van der Waals surface area contributed by atoms with Crippen molar-refractivity contribution >= 4 is 0 Å². The van der Waals surface area contributed by atoms with Crippen LogP contribution in [0.15, 0.2) is 24.3 Å². The number of halogens is 1. The van der Waals surface area contributed by atoms with Gasteiger partial charge in [-0.15, -0.1) is 0 Å². The van der Waals surface area contributed by atoms with Crippen LogP contribution >= 0.6 is 0 Å². The number of benzene rings is 1. The van der Waals surface area contributed by atoms with Gasteiger partial charge in [-0.1, -0.05) is 25.1 Å². The molecule has 1 aromatic rings. The van der Waals surface area contributed by atoms with Crippen LogP contribution in [0.2, 0.25) is 0 Å². The molecule has 1 rings (SSSR count). The Hall–Kier alpha value is -1.40. The molecule has 1 atom stereocenters. The van der Waals surface area contributed by atoms with Crippen LogP contribution in [-0.4, -0.2) is 6.54 Å². The van der Waals surface area contributed by atoms with E-state index < -0.39 is 5.41 Å². The molecule has 3 heteroatoms. The molecule has 0 aromatic heterocycles. The summed E-state index contributed by atoms with van der Waals surface area (Å²) in [6.45, 7) is 6.29. The maximum Gasteiger partial charge on any atom is 0.127 e. The Morgan fingerprint density at radius 2 is 2.06 bits per heavy atom. The monoisotopic (exact) mass is 234 g/mol. The van der Waals surface area contributed by atoms with Crippen molar-refractivity contribution < 1.29 is 4.39 Å². The first-order chi connectivity index (χ1) is 8.00. The zero-order valence-electron chi connectivity index (χ0n) is 10.6. The van der Waals surface area contributed by atoms with E-state index >= 15 is 0 Å². The molecule has 0 aliphatic rings. The number of nitrogens with one attached hydrogen (secondary N) is 1. The molecule has 1 N–H and O–H groups in total. The predicted molar refractivity (Wildman–Crippen MR) is 66.8 cm³/mol. The molecule has 17 heavy (non-hydrogen) atoms. The molecule has 0 spiro atoms. The Labute approximate surface area is 102 Å². The van der Waals surface area contributed by atoms with Gasteiger partial charge in [0.1, 0.15) is 5.82 Å². The standard InChI is InChI=1S/C14H19FN2/c1-4-13(17-10-14(2,3)9-16)11-7-5-6-8-12(11)15/h5-8,13,17H,4,10H2,1-3H3. The van der Waals surface area contributed by atoms with Crippen molar-refractivity contribution in [1.82, 2.24) is 5.32 Å². The number of rotatable bonds is 5. The first kappa shape index (κ1) is 13.7. The van der Waals surface area contributed by atoms with E-state index in [9.17, 15) is 4.39 Å². The van der Waals surface area contributed by atoms with Gasteiger partial charge in [0.2, 0.25) is 0 Å². The maximum atomic E-state index is 13.6. The van der Waals surface area contributed by atoms with Crippen molar-refractivity contribution in [3.05, 3.63) is 35.6 Å². The van der Waals surface area contributed by atoms with E-state index in [1.165, 1.54) is 6.07 Å². The summed E-state index contributed by atoms with van der Waals surface area (Å²) in [4.78, 5) is 0. The van der Waals surface area contributed by atoms with Crippen molar-refractivity contribution in [3.8, 4) is 6.07 Å². The lowest BCUT2D eigenvalue weighted by Crippen LogP contribution is -2.31. The minimum absolute atomic E-state index is 0.0381. The molecule has 0 amide bonds. The molecule has 0 saturated heterocycles. The second-order valence-electron chi connectivity index (χ2n) is 4.86. The molecule has 1 aromatic carbocycles. The SMILES string of the molecule is CCC(NCC(C)(C)C#N)c1ccccc1F. The Bertz CT molecular complexity index is 407. The number of hydrogen-bond donors (Lipinski definition) is 1. The molecule has 0 radical (unpaired) electrons. The van der Waals surface area contributed by atoms with E-state index in [4.69, 9.17) is 5.26 Å². The highest BCUT2D eigenvalue weighted by molar-refractivity contribution is 5.21. The molecule has 0 bridgehead atoms. The highest BCUT2D eigenvalue weighted by Gasteiger charge is 2.20. The van der Waals surface area contributed by atoms with E-state index in [-0.39, 0.29) is 11.9 Å². The van der Waals surface area contributed by atoms with Crippen LogP contribution < -0.4 is 5.32 Å². The van der Waals surface area contributed by atoms with Gasteiger partial charge < -0.3 is 5.32 Å². The van der Waals surface area contributed by atoms with Crippen molar-refractivity contribution in [1.29, 1.82) is 5.26 Å². The molecule has 1 unspecified atom stereocenters. The molecule has 2 nitrogen and oxygen atoms in total. The Morgan fingerprint density at radius 1 is 1.41 bits per heavy atom. The fourth-order valence-electron chi connectivity index (χ4n) is 1.65. The number of nitrogens with zero attached hydrogens (tertiary/aromatic N) is 1. The molecular formula is C14H19FN2. The highest BCUT2D eigenvalue weighted by Crippen LogP contribution is 2.21. The number of nitriles is 1. The minimum atomic E-state index is -0.432. The van der Waals surface area contributed by atoms with Gasteiger partial charge in [-0.3, -0.25) is 0 Å².